The molecule has 0 spiro atoms. The van der Waals surface area contributed by atoms with E-state index in [9.17, 15) is 22.8 Å². The number of hydrogen-bond donors (Lipinski definition) is 0. The molecule has 0 amide bonds. The summed E-state index contributed by atoms with van der Waals surface area (Å²) in [6, 6.07) is 3.85. The second-order valence-electron chi connectivity index (χ2n) is 3.40. The molecule has 0 heterocycles. The van der Waals surface area contributed by atoms with Crippen LogP contribution in [0.3, 0.4) is 0 Å². The monoisotopic (exact) mass is 296 g/mol. The first-order chi connectivity index (χ1) is 8.26. The van der Waals surface area contributed by atoms with Crippen molar-refractivity contribution in [3.63, 3.8) is 0 Å². The third-order valence-corrected chi connectivity index (χ3v) is 3.42. The second-order valence-corrected chi connectivity index (χ2v) is 4.94. The fourth-order valence-electron chi connectivity index (χ4n) is 1.34. The zero-order valence-corrected chi connectivity index (χ0v) is 10.7. The molecule has 0 radical (unpaired) electrons. The number of carbonyl (C=O) groups is 2. The van der Waals surface area contributed by atoms with Gasteiger partial charge >= 0.3 is 5.51 Å². The molecule has 18 heavy (non-hydrogen) atoms. The Labute approximate surface area is 111 Å². The van der Waals surface area contributed by atoms with E-state index in [-0.39, 0.29) is 22.3 Å². The van der Waals surface area contributed by atoms with E-state index in [1.54, 1.807) is 0 Å². The van der Waals surface area contributed by atoms with Crippen molar-refractivity contribution in [1.82, 2.24) is 0 Å². The molecular formula is C11H8ClF3O2S. The number of benzene rings is 1. The maximum atomic E-state index is 12.3. The number of rotatable bonds is 4. The molecule has 1 aromatic rings. The summed E-state index contributed by atoms with van der Waals surface area (Å²) >= 11 is 5.36. The van der Waals surface area contributed by atoms with Crippen molar-refractivity contribution < 1.29 is 22.8 Å². The molecular weight excluding hydrogens is 289 g/mol. The van der Waals surface area contributed by atoms with Gasteiger partial charge in [0.2, 0.25) is 0 Å². The molecule has 2 nitrogen and oxygen atoms in total. The molecule has 1 aromatic carbocycles. The number of ketones is 1. The van der Waals surface area contributed by atoms with E-state index in [1.165, 1.54) is 19.1 Å². The van der Waals surface area contributed by atoms with Crippen LogP contribution in [-0.4, -0.2) is 17.6 Å². The molecule has 0 bridgehead atoms. The number of aldehydes is 1. The normalized spacial score (nSPS) is 13.2. The molecule has 0 fully saturated rings. The van der Waals surface area contributed by atoms with Crippen molar-refractivity contribution in [3.05, 3.63) is 29.3 Å². The van der Waals surface area contributed by atoms with Gasteiger partial charge in [-0.3, -0.25) is 9.59 Å². The molecule has 0 N–H and O–H groups in total. The van der Waals surface area contributed by atoms with Gasteiger partial charge in [-0.05, 0) is 30.3 Å². The highest BCUT2D eigenvalue weighted by Crippen LogP contribution is 2.40. The van der Waals surface area contributed by atoms with E-state index in [0.29, 0.717) is 0 Å². The van der Waals surface area contributed by atoms with Crippen LogP contribution in [0.1, 0.15) is 28.2 Å². The van der Waals surface area contributed by atoms with Crippen LogP contribution >= 0.6 is 23.4 Å². The lowest BCUT2D eigenvalue weighted by molar-refractivity contribution is -0.116. The summed E-state index contributed by atoms with van der Waals surface area (Å²) in [4.78, 5) is 21.8. The van der Waals surface area contributed by atoms with E-state index in [0.717, 1.165) is 6.07 Å². The number of halogens is 4. The van der Waals surface area contributed by atoms with Gasteiger partial charge in [0.15, 0.2) is 12.1 Å². The molecule has 0 aliphatic carbocycles. The molecule has 1 atom stereocenters. The van der Waals surface area contributed by atoms with E-state index in [1.807, 2.05) is 0 Å². The first kappa shape index (κ1) is 15.0. The standard InChI is InChI=1S/C11H8ClF3O2S/c1-6(17)10(12)7-3-2-4-9(8(7)5-16)18-11(13,14)15/h2-5,10H,1H3. The summed E-state index contributed by atoms with van der Waals surface area (Å²) in [5.41, 5.74) is -4.61. The van der Waals surface area contributed by atoms with E-state index < -0.39 is 28.4 Å². The van der Waals surface area contributed by atoms with Crippen LogP contribution in [0, 0.1) is 0 Å². The second kappa shape index (κ2) is 5.75. The van der Waals surface area contributed by atoms with Gasteiger partial charge in [0, 0.05) is 10.5 Å². The fourth-order valence-corrected chi connectivity index (χ4v) is 2.20. The average molecular weight is 297 g/mol. The molecule has 1 unspecified atom stereocenters. The van der Waals surface area contributed by atoms with E-state index >= 15 is 0 Å². The molecule has 0 aromatic heterocycles. The highest BCUT2D eigenvalue weighted by molar-refractivity contribution is 8.00. The predicted octanol–water partition coefficient (Wildman–Crippen LogP) is 3.98. The molecule has 0 aliphatic rings. The molecule has 0 saturated heterocycles. The Morgan fingerprint density at radius 2 is 2.06 bits per heavy atom. The Bertz CT molecular complexity index is 474. The van der Waals surface area contributed by atoms with Crippen LogP contribution in [0.15, 0.2) is 23.1 Å². The van der Waals surface area contributed by atoms with Crippen LogP contribution < -0.4 is 0 Å². The van der Waals surface area contributed by atoms with Gasteiger partial charge in [-0.15, -0.1) is 11.6 Å². The lowest BCUT2D eigenvalue weighted by atomic mass is 10.0. The van der Waals surface area contributed by atoms with Gasteiger partial charge in [0.25, 0.3) is 0 Å². The van der Waals surface area contributed by atoms with Gasteiger partial charge in [-0.1, -0.05) is 12.1 Å². The predicted molar refractivity (Wildman–Crippen MR) is 63.0 cm³/mol. The van der Waals surface area contributed by atoms with Gasteiger partial charge in [-0.2, -0.15) is 13.2 Å². The first-order valence-electron chi connectivity index (χ1n) is 4.74. The lowest BCUT2D eigenvalue weighted by Crippen LogP contribution is -2.07. The number of Topliss-reactive ketones (excluding diaryl/α,β-unsaturated/α-hetero) is 1. The average Bonchev–Trinajstić information content (AvgIpc) is 2.25. The quantitative estimate of drug-likeness (QED) is 0.479. The Morgan fingerprint density at radius 1 is 1.44 bits per heavy atom. The fraction of sp³-hybridized carbons (Fsp3) is 0.273. The topological polar surface area (TPSA) is 34.1 Å². The Balaban J connectivity index is 3.26. The number of hydrogen-bond acceptors (Lipinski definition) is 3. The minimum atomic E-state index is -4.51. The zero-order chi connectivity index (χ0) is 13.9. The van der Waals surface area contributed by atoms with Gasteiger partial charge in [-0.25, -0.2) is 0 Å². The maximum Gasteiger partial charge on any atom is 0.446 e. The lowest BCUT2D eigenvalue weighted by Gasteiger charge is -2.13. The van der Waals surface area contributed by atoms with Crippen molar-refractivity contribution in [1.29, 1.82) is 0 Å². The third-order valence-electron chi connectivity index (χ3n) is 2.07. The van der Waals surface area contributed by atoms with Crippen LogP contribution in [0.2, 0.25) is 0 Å². The minimum absolute atomic E-state index is 0.0911. The van der Waals surface area contributed by atoms with Crippen molar-refractivity contribution in [2.45, 2.75) is 22.7 Å². The first-order valence-corrected chi connectivity index (χ1v) is 6.00. The zero-order valence-electron chi connectivity index (χ0n) is 9.12. The minimum Gasteiger partial charge on any atom is -0.298 e. The highest BCUT2D eigenvalue weighted by atomic mass is 35.5. The molecule has 7 heteroatoms. The SMILES string of the molecule is CC(=O)C(Cl)c1cccc(SC(F)(F)F)c1C=O. The molecule has 0 saturated carbocycles. The van der Waals surface area contributed by atoms with Crippen molar-refractivity contribution in [2.75, 3.05) is 0 Å². The summed E-state index contributed by atoms with van der Waals surface area (Å²) in [6.45, 7) is 1.20. The summed E-state index contributed by atoms with van der Waals surface area (Å²) in [6.07, 6.45) is 0.279. The highest BCUT2D eigenvalue weighted by Gasteiger charge is 2.31. The van der Waals surface area contributed by atoms with E-state index in [2.05, 4.69) is 0 Å². The molecule has 1 rings (SSSR count). The molecule has 98 valence electrons. The van der Waals surface area contributed by atoms with Crippen LogP contribution in [-0.2, 0) is 4.79 Å². The Hall–Kier alpha value is -1.01. The summed E-state index contributed by atoms with van der Waals surface area (Å²) < 4.78 is 36.9. The number of carbonyl (C=O) groups excluding carboxylic acids is 2. The third kappa shape index (κ3) is 3.74. The van der Waals surface area contributed by atoms with Gasteiger partial charge < -0.3 is 0 Å². The van der Waals surface area contributed by atoms with Crippen LogP contribution in [0.4, 0.5) is 13.2 Å². The molecule has 0 aliphatic heterocycles. The van der Waals surface area contributed by atoms with E-state index in [4.69, 9.17) is 11.6 Å². The smallest absolute Gasteiger partial charge is 0.298 e. The summed E-state index contributed by atoms with van der Waals surface area (Å²) in [7, 11) is 0. The van der Waals surface area contributed by atoms with Crippen molar-refractivity contribution in [3.8, 4) is 0 Å². The maximum absolute atomic E-state index is 12.3. The summed E-state index contributed by atoms with van der Waals surface area (Å²) in [5.74, 6) is -0.436. The van der Waals surface area contributed by atoms with Crippen molar-refractivity contribution >= 4 is 35.4 Å². The number of thioether (sulfide) groups is 1. The van der Waals surface area contributed by atoms with Crippen molar-refractivity contribution in [2.24, 2.45) is 0 Å². The Kier molecular flexibility index (Phi) is 4.81. The van der Waals surface area contributed by atoms with Gasteiger partial charge in [0.05, 0.1) is 0 Å². The van der Waals surface area contributed by atoms with Crippen LogP contribution in [0.5, 0.6) is 0 Å². The summed E-state index contributed by atoms with van der Waals surface area (Å²) in [5, 5.41) is -1.13. The largest absolute Gasteiger partial charge is 0.446 e. The van der Waals surface area contributed by atoms with Crippen LogP contribution in [0.25, 0.3) is 0 Å². The number of alkyl halides is 4. The Morgan fingerprint density at radius 3 is 2.50 bits per heavy atom. The van der Waals surface area contributed by atoms with Gasteiger partial charge in [0.1, 0.15) is 5.38 Å².